The molecule has 0 radical (unpaired) electrons. The summed E-state index contributed by atoms with van der Waals surface area (Å²) in [4.78, 5) is 22.2. The van der Waals surface area contributed by atoms with Gasteiger partial charge in [0.1, 0.15) is 0 Å². The van der Waals surface area contributed by atoms with E-state index in [1.54, 1.807) is 6.07 Å². The monoisotopic (exact) mass is 371 g/mol. The molecule has 5 nitrogen and oxygen atoms in total. The predicted octanol–water partition coefficient (Wildman–Crippen LogP) is 1.45. The van der Waals surface area contributed by atoms with Crippen LogP contribution in [0.1, 0.15) is 10.4 Å². The van der Waals surface area contributed by atoms with Crippen LogP contribution >= 0.6 is 43.2 Å². The third-order valence-electron chi connectivity index (χ3n) is 1.69. The molecule has 8 heteroatoms. The highest BCUT2D eigenvalue weighted by atomic mass is 79.9. The second kappa shape index (κ2) is 5.76. The van der Waals surface area contributed by atoms with Crippen molar-refractivity contribution in [2.45, 2.75) is 6.04 Å². The molecule has 1 atom stereocenters. The second-order valence-corrected chi connectivity index (χ2v) is 6.53. The zero-order chi connectivity index (χ0) is 12.3. The maximum atomic E-state index is 11.6. The van der Waals surface area contributed by atoms with Gasteiger partial charge in [0.05, 0.1) is 19.7 Å². The molecule has 1 rings (SSSR count). The first kappa shape index (κ1) is 13.6. The minimum Gasteiger partial charge on any atom is -0.480 e. The van der Waals surface area contributed by atoms with Crippen LogP contribution in [0.2, 0.25) is 0 Å². The molecule has 0 saturated carbocycles. The van der Waals surface area contributed by atoms with E-state index in [4.69, 9.17) is 10.2 Å². The number of rotatable bonds is 4. The average Bonchev–Trinajstić information content (AvgIpc) is 2.53. The smallest absolute Gasteiger partial charge is 0.328 e. The van der Waals surface area contributed by atoms with Gasteiger partial charge < -0.3 is 15.5 Å². The van der Waals surface area contributed by atoms with Crippen molar-refractivity contribution in [2.75, 3.05) is 6.61 Å². The van der Waals surface area contributed by atoms with Crippen LogP contribution in [0.4, 0.5) is 0 Å². The third kappa shape index (κ3) is 3.27. The largest absolute Gasteiger partial charge is 0.480 e. The summed E-state index contributed by atoms with van der Waals surface area (Å²) in [6.07, 6.45) is 0. The Kier molecular flexibility index (Phi) is 4.90. The minimum atomic E-state index is -1.29. The average molecular weight is 373 g/mol. The molecule has 1 amide bonds. The molecule has 0 aliphatic carbocycles. The molecule has 16 heavy (non-hydrogen) atoms. The van der Waals surface area contributed by atoms with E-state index in [9.17, 15) is 9.59 Å². The highest BCUT2D eigenvalue weighted by Crippen LogP contribution is 2.31. The van der Waals surface area contributed by atoms with E-state index in [0.717, 1.165) is 3.79 Å². The summed E-state index contributed by atoms with van der Waals surface area (Å²) >= 11 is 7.69. The van der Waals surface area contributed by atoms with E-state index in [1.165, 1.54) is 11.3 Å². The molecule has 1 heterocycles. The second-order valence-electron chi connectivity index (χ2n) is 2.78. The molecule has 0 spiro atoms. The van der Waals surface area contributed by atoms with E-state index in [1.807, 2.05) is 0 Å². The van der Waals surface area contributed by atoms with Crippen molar-refractivity contribution < 1.29 is 19.8 Å². The highest BCUT2D eigenvalue weighted by molar-refractivity contribution is 9.12. The number of carbonyl (C=O) groups excluding carboxylic acids is 1. The quantitative estimate of drug-likeness (QED) is 0.746. The summed E-state index contributed by atoms with van der Waals surface area (Å²) in [5, 5.41) is 19.6. The number of amides is 1. The lowest BCUT2D eigenvalue weighted by Crippen LogP contribution is -2.43. The predicted molar refractivity (Wildman–Crippen MR) is 65.7 cm³/mol. The molecule has 0 fully saturated rings. The van der Waals surface area contributed by atoms with Crippen molar-refractivity contribution in [1.29, 1.82) is 0 Å². The lowest BCUT2D eigenvalue weighted by atomic mass is 10.2. The van der Waals surface area contributed by atoms with E-state index >= 15 is 0 Å². The number of hydrogen-bond donors (Lipinski definition) is 3. The molecule has 0 bridgehead atoms. The lowest BCUT2D eigenvalue weighted by Gasteiger charge is -2.10. The number of hydrogen-bond acceptors (Lipinski definition) is 4. The fourth-order valence-corrected chi connectivity index (χ4v) is 3.71. The van der Waals surface area contributed by atoms with Gasteiger partial charge >= 0.3 is 5.97 Å². The summed E-state index contributed by atoms with van der Waals surface area (Å²) in [5.74, 6) is -1.82. The third-order valence-corrected chi connectivity index (χ3v) is 4.03. The van der Waals surface area contributed by atoms with Crippen molar-refractivity contribution in [1.82, 2.24) is 5.32 Å². The van der Waals surface area contributed by atoms with Gasteiger partial charge in [-0.25, -0.2) is 4.79 Å². The number of carboxylic acid groups (broad SMARTS) is 1. The van der Waals surface area contributed by atoms with Gasteiger partial charge in [-0.15, -0.1) is 11.3 Å². The van der Waals surface area contributed by atoms with Gasteiger partial charge in [-0.1, -0.05) is 0 Å². The molecule has 0 aliphatic rings. The van der Waals surface area contributed by atoms with Gasteiger partial charge in [0.25, 0.3) is 5.91 Å². The number of thiophene rings is 1. The zero-order valence-electron chi connectivity index (χ0n) is 7.74. The van der Waals surface area contributed by atoms with Crippen LogP contribution in [-0.4, -0.2) is 34.7 Å². The Labute approximate surface area is 112 Å². The van der Waals surface area contributed by atoms with Crippen molar-refractivity contribution in [3.05, 3.63) is 19.2 Å². The van der Waals surface area contributed by atoms with Gasteiger partial charge in [0.15, 0.2) is 6.04 Å². The number of aliphatic carboxylic acids is 1. The number of carboxylic acids is 1. The SMILES string of the molecule is O=C(NC(CO)C(=O)O)c1cc(Br)sc1Br. The molecule has 3 N–H and O–H groups in total. The highest BCUT2D eigenvalue weighted by Gasteiger charge is 2.21. The summed E-state index contributed by atoms with van der Waals surface area (Å²) in [5.41, 5.74) is 0.330. The first-order valence-electron chi connectivity index (χ1n) is 4.05. The molecule has 88 valence electrons. The number of carbonyl (C=O) groups is 2. The van der Waals surface area contributed by atoms with Crippen molar-refractivity contribution >= 4 is 55.1 Å². The van der Waals surface area contributed by atoms with Crippen molar-refractivity contribution in [2.24, 2.45) is 0 Å². The zero-order valence-corrected chi connectivity index (χ0v) is 11.7. The van der Waals surface area contributed by atoms with Crippen LogP contribution in [0.5, 0.6) is 0 Å². The van der Waals surface area contributed by atoms with Crippen molar-refractivity contribution in [3.8, 4) is 0 Å². The molecule has 0 saturated heterocycles. The molecular weight excluding hydrogens is 366 g/mol. The summed E-state index contributed by atoms with van der Waals surface area (Å²) in [6.45, 7) is -0.649. The normalized spacial score (nSPS) is 12.2. The fraction of sp³-hybridized carbons (Fsp3) is 0.250. The molecule has 0 aliphatic heterocycles. The summed E-state index contributed by atoms with van der Waals surface area (Å²) < 4.78 is 1.35. The van der Waals surface area contributed by atoms with Gasteiger partial charge in [0, 0.05) is 0 Å². The van der Waals surface area contributed by atoms with Crippen LogP contribution in [0.3, 0.4) is 0 Å². The van der Waals surface area contributed by atoms with Crippen molar-refractivity contribution in [3.63, 3.8) is 0 Å². The minimum absolute atomic E-state index is 0.330. The van der Waals surface area contributed by atoms with Gasteiger partial charge in [0.2, 0.25) is 0 Å². The van der Waals surface area contributed by atoms with E-state index in [2.05, 4.69) is 37.2 Å². The van der Waals surface area contributed by atoms with Crippen LogP contribution in [-0.2, 0) is 4.79 Å². The first-order valence-corrected chi connectivity index (χ1v) is 6.45. The van der Waals surface area contributed by atoms with Gasteiger partial charge in [-0.05, 0) is 37.9 Å². The maximum absolute atomic E-state index is 11.6. The molecular formula is C8H7Br2NO4S. The number of nitrogens with one attached hydrogen (secondary N) is 1. The van der Waals surface area contributed by atoms with E-state index in [-0.39, 0.29) is 0 Å². The topological polar surface area (TPSA) is 86.6 Å². The van der Waals surface area contributed by atoms with Crippen LogP contribution in [0, 0.1) is 0 Å². The maximum Gasteiger partial charge on any atom is 0.328 e. The van der Waals surface area contributed by atoms with Crippen LogP contribution < -0.4 is 5.32 Å². The Hall–Kier alpha value is -0.440. The number of aliphatic hydroxyl groups excluding tert-OH is 1. The first-order chi connectivity index (χ1) is 7.45. The lowest BCUT2D eigenvalue weighted by molar-refractivity contribution is -0.140. The van der Waals surface area contributed by atoms with Gasteiger partial charge in [-0.3, -0.25) is 4.79 Å². The summed E-state index contributed by atoms with van der Waals surface area (Å²) in [7, 11) is 0. The molecule has 1 aromatic heterocycles. The number of halogens is 2. The number of aliphatic hydroxyl groups is 1. The van der Waals surface area contributed by atoms with Crippen LogP contribution in [0.15, 0.2) is 13.6 Å². The summed E-state index contributed by atoms with van der Waals surface area (Å²) in [6, 6.07) is 0.276. The Morgan fingerprint density at radius 2 is 2.12 bits per heavy atom. The Bertz CT molecular complexity index is 420. The van der Waals surface area contributed by atoms with E-state index in [0.29, 0.717) is 9.35 Å². The van der Waals surface area contributed by atoms with E-state index < -0.39 is 24.5 Å². The van der Waals surface area contributed by atoms with Gasteiger partial charge in [-0.2, -0.15) is 0 Å². The Morgan fingerprint density at radius 1 is 1.50 bits per heavy atom. The molecule has 1 aromatic rings. The fourth-order valence-electron chi connectivity index (χ4n) is 0.917. The molecule has 1 unspecified atom stereocenters. The Morgan fingerprint density at radius 3 is 2.50 bits per heavy atom. The Balaban J connectivity index is 2.79. The molecule has 0 aromatic carbocycles. The standard InChI is InChI=1S/C8H7Br2NO4S/c9-5-1-3(6(10)16-5)7(13)11-4(2-12)8(14)15/h1,4,12H,2H2,(H,11,13)(H,14,15). The van der Waals surface area contributed by atoms with Crippen LogP contribution in [0.25, 0.3) is 0 Å².